The monoisotopic (exact) mass is 412 g/mol. The van der Waals surface area contributed by atoms with Crippen LogP contribution in [-0.2, 0) is 5.75 Å². The molecule has 1 heterocycles. The molecular formula is C23H25ClN2OS. The van der Waals surface area contributed by atoms with Gasteiger partial charge in [0.25, 0.3) is 0 Å². The van der Waals surface area contributed by atoms with Gasteiger partial charge in [-0.1, -0.05) is 54.8 Å². The van der Waals surface area contributed by atoms with Crippen LogP contribution in [0, 0.1) is 17.2 Å². The Kier molecular flexibility index (Phi) is 6.07. The predicted molar refractivity (Wildman–Crippen MR) is 119 cm³/mol. The number of halogens is 1. The van der Waals surface area contributed by atoms with Crippen LogP contribution >= 0.6 is 23.4 Å². The number of rotatable bonds is 4. The molecule has 0 aromatic heterocycles. The van der Waals surface area contributed by atoms with Crippen LogP contribution < -0.4 is 0 Å². The number of nitrogens with zero attached hydrogens (tertiary/aromatic N) is 1. The highest BCUT2D eigenvalue weighted by Crippen LogP contribution is 2.47. The molecule has 2 aliphatic carbocycles. The number of aliphatic imine (C=N–C) groups is 1. The van der Waals surface area contributed by atoms with E-state index < -0.39 is 0 Å². The highest BCUT2D eigenvalue weighted by atomic mass is 35.5. The van der Waals surface area contributed by atoms with E-state index in [-0.39, 0.29) is 5.88 Å². The lowest BCUT2D eigenvalue weighted by molar-refractivity contribution is 0.308. The summed E-state index contributed by atoms with van der Waals surface area (Å²) in [5.74, 6) is 1.59. The van der Waals surface area contributed by atoms with Gasteiger partial charge in [-0.15, -0.1) is 11.8 Å². The molecule has 0 amide bonds. The molecule has 1 aliphatic heterocycles. The molecule has 0 bridgehead atoms. The van der Waals surface area contributed by atoms with Crippen molar-refractivity contribution in [2.45, 2.75) is 44.3 Å². The molecule has 5 heteroatoms. The van der Waals surface area contributed by atoms with E-state index in [1.54, 1.807) is 11.8 Å². The fourth-order valence-corrected chi connectivity index (χ4v) is 6.04. The van der Waals surface area contributed by atoms with Crippen LogP contribution in [0.2, 0.25) is 5.02 Å². The molecule has 0 saturated heterocycles. The Labute approximate surface area is 175 Å². The van der Waals surface area contributed by atoms with Crippen LogP contribution in [0.15, 0.2) is 64.0 Å². The van der Waals surface area contributed by atoms with Gasteiger partial charge in [-0.2, -0.15) is 0 Å². The van der Waals surface area contributed by atoms with Gasteiger partial charge in [0.1, 0.15) is 0 Å². The standard InChI is InChI=1S/C23H25ClN2OS/c24-20-12-6-2-8-16(20)14-28-23-19-11-5-4-10-18(19)21(22(27)26-23)17-9-3-1-7-15(17)13-25/h1-2,6-8,12-13,18-19,25,27H,3-5,9-11,14H2. The molecule has 0 radical (unpaired) electrons. The second-order valence-corrected chi connectivity index (χ2v) is 8.99. The van der Waals surface area contributed by atoms with E-state index in [1.165, 1.54) is 19.1 Å². The lowest BCUT2D eigenvalue weighted by Gasteiger charge is -2.38. The number of fused-ring (bicyclic) bond motifs is 1. The molecule has 1 saturated carbocycles. The van der Waals surface area contributed by atoms with Gasteiger partial charge < -0.3 is 10.5 Å². The van der Waals surface area contributed by atoms with Gasteiger partial charge in [0, 0.05) is 28.5 Å². The van der Waals surface area contributed by atoms with Crippen LogP contribution in [0.4, 0.5) is 0 Å². The van der Waals surface area contributed by atoms with Gasteiger partial charge in [-0.25, -0.2) is 4.99 Å². The van der Waals surface area contributed by atoms with Crippen molar-refractivity contribution in [3.8, 4) is 0 Å². The lowest BCUT2D eigenvalue weighted by atomic mass is 9.71. The van der Waals surface area contributed by atoms with Crippen LogP contribution in [0.1, 0.15) is 44.1 Å². The molecule has 1 aromatic rings. The zero-order valence-electron chi connectivity index (χ0n) is 15.8. The van der Waals surface area contributed by atoms with Gasteiger partial charge in [0.15, 0.2) is 0 Å². The maximum Gasteiger partial charge on any atom is 0.215 e. The highest BCUT2D eigenvalue weighted by molar-refractivity contribution is 8.13. The minimum absolute atomic E-state index is 0.162. The number of thioether (sulfide) groups is 1. The summed E-state index contributed by atoms with van der Waals surface area (Å²) >= 11 is 8.02. The van der Waals surface area contributed by atoms with Gasteiger partial charge >= 0.3 is 0 Å². The van der Waals surface area contributed by atoms with Crippen molar-refractivity contribution in [2.75, 3.05) is 0 Å². The molecule has 3 nitrogen and oxygen atoms in total. The second kappa shape index (κ2) is 8.71. The molecule has 146 valence electrons. The number of nitrogens with one attached hydrogen (secondary N) is 1. The topological polar surface area (TPSA) is 56.4 Å². The van der Waals surface area contributed by atoms with E-state index in [0.29, 0.717) is 11.8 Å². The number of aliphatic hydroxyl groups excluding tert-OH is 1. The Morgan fingerprint density at radius 3 is 2.79 bits per heavy atom. The number of benzene rings is 1. The van der Waals surface area contributed by atoms with E-state index in [1.807, 2.05) is 30.3 Å². The molecule has 2 N–H and O–H groups in total. The molecule has 1 fully saturated rings. The van der Waals surface area contributed by atoms with Crippen molar-refractivity contribution in [3.63, 3.8) is 0 Å². The SMILES string of the molecule is N=CC1=C(C2=C(O)N=C(SCc3ccccc3Cl)C3CCCCC23)CCC=C1. The van der Waals surface area contributed by atoms with Crippen molar-refractivity contribution < 1.29 is 5.11 Å². The van der Waals surface area contributed by atoms with Crippen LogP contribution in [-0.4, -0.2) is 16.4 Å². The molecule has 28 heavy (non-hydrogen) atoms. The summed E-state index contributed by atoms with van der Waals surface area (Å²) in [6.45, 7) is 0. The van der Waals surface area contributed by atoms with Gasteiger partial charge in [0.05, 0.1) is 5.04 Å². The first-order valence-electron chi connectivity index (χ1n) is 9.97. The van der Waals surface area contributed by atoms with Gasteiger partial charge in [-0.05, 0) is 54.4 Å². The van der Waals surface area contributed by atoms with E-state index in [0.717, 1.165) is 63.8 Å². The number of aliphatic hydroxyl groups is 1. The zero-order chi connectivity index (χ0) is 19.5. The van der Waals surface area contributed by atoms with Crippen molar-refractivity contribution in [2.24, 2.45) is 16.8 Å². The normalized spacial score (nSPS) is 24.8. The Hall–Kier alpha value is -1.78. The third kappa shape index (κ3) is 3.85. The Bertz CT molecular complexity index is 900. The van der Waals surface area contributed by atoms with Crippen LogP contribution in [0.25, 0.3) is 0 Å². The maximum absolute atomic E-state index is 10.9. The lowest BCUT2D eigenvalue weighted by Crippen LogP contribution is -2.32. The predicted octanol–water partition coefficient (Wildman–Crippen LogP) is 6.86. The average molecular weight is 413 g/mol. The van der Waals surface area contributed by atoms with E-state index in [9.17, 15) is 5.11 Å². The second-order valence-electron chi connectivity index (χ2n) is 7.58. The van der Waals surface area contributed by atoms with Crippen molar-refractivity contribution in [3.05, 3.63) is 69.6 Å². The maximum atomic E-state index is 10.9. The summed E-state index contributed by atoms with van der Waals surface area (Å²) in [6, 6.07) is 7.92. The van der Waals surface area contributed by atoms with Crippen LogP contribution in [0.5, 0.6) is 0 Å². The smallest absolute Gasteiger partial charge is 0.215 e. The largest absolute Gasteiger partial charge is 0.493 e. The highest BCUT2D eigenvalue weighted by Gasteiger charge is 2.38. The quantitative estimate of drug-likeness (QED) is 0.530. The molecular weight excluding hydrogens is 388 g/mol. The fourth-order valence-electron chi connectivity index (χ4n) is 4.56. The number of hydrogen-bond acceptors (Lipinski definition) is 4. The van der Waals surface area contributed by atoms with Crippen molar-refractivity contribution >= 4 is 34.6 Å². The minimum atomic E-state index is 0.162. The van der Waals surface area contributed by atoms with Gasteiger partial charge in [-0.3, -0.25) is 0 Å². The molecule has 0 spiro atoms. The van der Waals surface area contributed by atoms with Crippen LogP contribution in [0.3, 0.4) is 0 Å². The summed E-state index contributed by atoms with van der Waals surface area (Å²) in [4.78, 5) is 4.68. The van der Waals surface area contributed by atoms with Crippen molar-refractivity contribution in [1.29, 1.82) is 5.41 Å². The average Bonchev–Trinajstić information content (AvgIpc) is 2.73. The molecule has 3 aliphatic rings. The minimum Gasteiger partial charge on any atom is -0.493 e. The Morgan fingerprint density at radius 2 is 2.00 bits per heavy atom. The summed E-state index contributed by atoms with van der Waals surface area (Å²) in [5, 5.41) is 20.5. The van der Waals surface area contributed by atoms with E-state index >= 15 is 0 Å². The third-order valence-electron chi connectivity index (χ3n) is 5.93. The molecule has 1 aromatic carbocycles. The summed E-state index contributed by atoms with van der Waals surface area (Å²) < 4.78 is 0. The molecule has 4 rings (SSSR count). The van der Waals surface area contributed by atoms with Gasteiger partial charge in [0.2, 0.25) is 5.88 Å². The summed E-state index contributed by atoms with van der Waals surface area (Å²) in [6.07, 6.45) is 11.9. The molecule has 2 unspecified atom stereocenters. The van der Waals surface area contributed by atoms with E-state index in [2.05, 4.69) is 11.1 Å². The summed E-state index contributed by atoms with van der Waals surface area (Å²) in [7, 11) is 0. The fraction of sp³-hybridized carbons (Fsp3) is 0.391. The first-order valence-corrected chi connectivity index (χ1v) is 11.3. The van der Waals surface area contributed by atoms with E-state index in [4.69, 9.17) is 17.0 Å². The first-order chi connectivity index (χ1) is 13.7. The summed E-state index contributed by atoms with van der Waals surface area (Å²) in [5.41, 5.74) is 4.13. The third-order valence-corrected chi connectivity index (χ3v) is 7.45. The number of hydrogen-bond donors (Lipinski definition) is 2. The number of allylic oxidation sites excluding steroid dienone is 5. The Morgan fingerprint density at radius 1 is 1.21 bits per heavy atom. The van der Waals surface area contributed by atoms with Crippen molar-refractivity contribution in [1.82, 2.24) is 0 Å². The zero-order valence-corrected chi connectivity index (χ0v) is 17.4. The first kappa shape index (κ1) is 19.5. The Balaban J connectivity index is 1.67. The molecule has 2 atom stereocenters.